The summed E-state index contributed by atoms with van der Waals surface area (Å²) in [6, 6.07) is 15.4. The first-order valence-electron chi connectivity index (χ1n) is 11.6. The zero-order valence-electron chi connectivity index (χ0n) is 19.9. The molecule has 0 radical (unpaired) electrons. The number of amides is 1. The summed E-state index contributed by atoms with van der Waals surface area (Å²) in [7, 11) is 3.29. The second kappa shape index (κ2) is 10.2. The van der Waals surface area contributed by atoms with Crippen molar-refractivity contribution in [1.29, 1.82) is 5.26 Å². The van der Waals surface area contributed by atoms with Gasteiger partial charge in [-0.3, -0.25) is 9.36 Å². The van der Waals surface area contributed by atoms with Crippen LogP contribution in [0.3, 0.4) is 0 Å². The van der Waals surface area contributed by atoms with Crippen molar-refractivity contribution in [3.05, 3.63) is 57.9 Å². The molecule has 5 rings (SSSR count). The average Bonchev–Trinajstić information content (AvgIpc) is 3.30. The second-order valence-corrected chi connectivity index (χ2v) is 9.98. The maximum atomic E-state index is 12.7. The number of nitrogens with zero attached hydrogens (tertiary/aromatic N) is 2. The van der Waals surface area contributed by atoms with E-state index < -0.39 is 12.1 Å². The van der Waals surface area contributed by atoms with Crippen LogP contribution in [0.2, 0.25) is 0 Å². The number of ether oxygens (including phenoxy) is 2. The Labute approximate surface area is 211 Å². The van der Waals surface area contributed by atoms with E-state index in [0.29, 0.717) is 31.7 Å². The number of carbonyl (C=O) groups excluding carboxylic acids is 1. The van der Waals surface area contributed by atoms with Crippen LogP contribution in [0.1, 0.15) is 4.88 Å². The maximum absolute atomic E-state index is 12.7. The van der Waals surface area contributed by atoms with E-state index >= 15 is 0 Å². The molecule has 0 bridgehead atoms. The molecular weight excluding hydrogens is 480 g/mol. The van der Waals surface area contributed by atoms with Crippen LogP contribution < -0.4 is 16.4 Å². The molecule has 1 amide bonds. The molecule has 0 aliphatic carbocycles. The summed E-state index contributed by atoms with van der Waals surface area (Å²) in [5.41, 5.74) is 3.29. The Kier molecular flexibility index (Phi) is 6.89. The van der Waals surface area contributed by atoms with Gasteiger partial charge in [0, 0.05) is 43.2 Å². The highest BCUT2D eigenvalue weighted by atomic mass is 32.1. The van der Waals surface area contributed by atoms with Crippen molar-refractivity contribution in [2.45, 2.75) is 24.7 Å². The van der Waals surface area contributed by atoms with Crippen molar-refractivity contribution in [3.8, 4) is 17.2 Å². The highest BCUT2D eigenvalue weighted by Crippen LogP contribution is 2.32. The van der Waals surface area contributed by atoms with E-state index in [9.17, 15) is 14.9 Å². The molecule has 4 aromatic rings. The molecule has 186 valence electrons. The lowest BCUT2D eigenvalue weighted by molar-refractivity contribution is -0.133. The van der Waals surface area contributed by atoms with Crippen molar-refractivity contribution in [3.63, 3.8) is 0 Å². The van der Waals surface area contributed by atoms with Gasteiger partial charge in [-0.2, -0.15) is 5.26 Å². The van der Waals surface area contributed by atoms with Gasteiger partial charge >= 0.3 is 5.76 Å². The third kappa shape index (κ3) is 4.92. The summed E-state index contributed by atoms with van der Waals surface area (Å²) in [4.78, 5) is 25.5. The van der Waals surface area contributed by atoms with Crippen LogP contribution in [0.4, 0.5) is 0 Å². The number of aryl methyl sites for hydroxylation is 1. The molecule has 2 aromatic heterocycles. The molecule has 0 saturated carbocycles. The zero-order chi connectivity index (χ0) is 25.2. The fourth-order valence-corrected chi connectivity index (χ4v) is 5.45. The molecule has 1 unspecified atom stereocenters. The van der Waals surface area contributed by atoms with Gasteiger partial charge in [0.1, 0.15) is 12.1 Å². The number of fused-ring (bicyclic) bond motifs is 2. The number of thiophene rings is 1. The Morgan fingerprint density at radius 3 is 2.89 bits per heavy atom. The fourth-order valence-electron chi connectivity index (χ4n) is 4.30. The van der Waals surface area contributed by atoms with Crippen molar-refractivity contribution in [2.75, 3.05) is 26.8 Å². The number of carbonyl (C=O) groups is 1. The number of rotatable bonds is 6. The highest BCUT2D eigenvalue weighted by Gasteiger charge is 2.26. The number of aromatic nitrogens is 1. The van der Waals surface area contributed by atoms with Gasteiger partial charge in [-0.15, -0.1) is 11.3 Å². The molecule has 1 saturated heterocycles. The van der Waals surface area contributed by atoms with Crippen LogP contribution >= 0.6 is 11.3 Å². The van der Waals surface area contributed by atoms with E-state index in [-0.39, 0.29) is 17.8 Å². The predicted octanol–water partition coefficient (Wildman–Crippen LogP) is 2.57. The summed E-state index contributed by atoms with van der Waals surface area (Å²) in [6.45, 7) is 1.30. The fraction of sp³-hybridized carbons (Fsp3) is 0.346. The summed E-state index contributed by atoms with van der Waals surface area (Å²) >= 11 is 1.59. The summed E-state index contributed by atoms with van der Waals surface area (Å²) < 4.78 is 18.8. The molecule has 1 aliphatic rings. The van der Waals surface area contributed by atoms with Gasteiger partial charge in [0.25, 0.3) is 5.91 Å². The minimum atomic E-state index is -0.668. The minimum absolute atomic E-state index is 0.105. The monoisotopic (exact) mass is 506 g/mol. The second-order valence-electron chi connectivity index (χ2n) is 8.81. The minimum Gasteiger partial charge on any atom is -0.408 e. The summed E-state index contributed by atoms with van der Waals surface area (Å²) in [5, 5.41) is 16.7. The van der Waals surface area contributed by atoms with Gasteiger partial charge in [-0.05, 0) is 40.8 Å². The zero-order valence-corrected chi connectivity index (χ0v) is 20.8. The summed E-state index contributed by atoms with van der Waals surface area (Å²) in [5.74, 6) is -0.695. The Bertz CT molecular complexity index is 1510. The van der Waals surface area contributed by atoms with Crippen LogP contribution in [0, 0.1) is 11.3 Å². The van der Waals surface area contributed by atoms with Crippen LogP contribution in [0.15, 0.2) is 51.7 Å². The number of methoxy groups -OCH3 is 1. The molecule has 0 spiro atoms. The molecule has 1 fully saturated rings. The van der Waals surface area contributed by atoms with E-state index in [2.05, 4.69) is 28.8 Å². The molecule has 3 heterocycles. The third-order valence-electron chi connectivity index (χ3n) is 6.38. The molecular formula is C26H26N4O5S. The molecule has 10 heteroatoms. The number of hydrogen-bond donors (Lipinski definition) is 2. The lowest BCUT2D eigenvalue weighted by Gasteiger charge is -2.17. The predicted molar refractivity (Wildman–Crippen MR) is 137 cm³/mol. The number of benzene rings is 2. The molecule has 2 aromatic carbocycles. The van der Waals surface area contributed by atoms with Gasteiger partial charge in [0.05, 0.1) is 24.3 Å². The van der Waals surface area contributed by atoms with Crippen molar-refractivity contribution in [1.82, 2.24) is 15.2 Å². The number of nitrogens with one attached hydrogen (secondary N) is 2. The number of oxazole rings is 1. The van der Waals surface area contributed by atoms with E-state index in [1.54, 1.807) is 31.6 Å². The van der Waals surface area contributed by atoms with Gasteiger partial charge in [-0.25, -0.2) is 4.79 Å². The summed E-state index contributed by atoms with van der Waals surface area (Å²) in [6.07, 6.45) is -0.370. The van der Waals surface area contributed by atoms with Gasteiger partial charge < -0.3 is 24.5 Å². The normalized spacial score (nSPS) is 19.1. The molecule has 9 nitrogen and oxygen atoms in total. The smallest absolute Gasteiger partial charge is 0.408 e. The van der Waals surface area contributed by atoms with Crippen molar-refractivity contribution in [2.24, 2.45) is 7.05 Å². The Morgan fingerprint density at radius 1 is 1.28 bits per heavy atom. The molecule has 36 heavy (non-hydrogen) atoms. The van der Waals surface area contributed by atoms with Crippen LogP contribution in [0.25, 0.3) is 32.3 Å². The standard InChI is InChI=1S/C26H26N4O5S/c1-30-21-8-15(5-6-22(21)35-26(30)32)16-3-4-17-7-20(36-24(17)9-16)10-18(11-27)29-25(31)23-13-28-12-19(33-2)14-34-23/h3-9,18-19,23,28H,10,12-14H2,1-2H3,(H,29,31)/t18-,19?,23-/m1/s1. The lowest BCUT2D eigenvalue weighted by Crippen LogP contribution is -2.46. The SMILES string of the molecule is COC1CNC[C@H](C(=O)N[C@@H](C#N)Cc2cc3ccc(-c4ccc5oc(=O)n(C)c5c4)cc3s2)OC1. The largest absolute Gasteiger partial charge is 0.419 e. The van der Waals surface area contributed by atoms with Crippen molar-refractivity contribution >= 4 is 38.4 Å². The van der Waals surface area contributed by atoms with Gasteiger partial charge in [0.2, 0.25) is 0 Å². The maximum Gasteiger partial charge on any atom is 0.419 e. The number of nitriles is 1. The molecule has 2 N–H and O–H groups in total. The number of hydrogen-bond acceptors (Lipinski definition) is 8. The first-order valence-corrected chi connectivity index (χ1v) is 12.4. The molecule has 3 atom stereocenters. The van der Waals surface area contributed by atoms with E-state index in [0.717, 1.165) is 31.6 Å². The van der Waals surface area contributed by atoms with Crippen LogP contribution in [-0.2, 0) is 27.7 Å². The Hall–Kier alpha value is -3.49. The van der Waals surface area contributed by atoms with E-state index in [1.807, 2.05) is 24.3 Å². The quantitative estimate of drug-likeness (QED) is 0.413. The highest BCUT2D eigenvalue weighted by molar-refractivity contribution is 7.19. The topological polar surface area (TPSA) is 119 Å². The van der Waals surface area contributed by atoms with Crippen LogP contribution in [-0.4, -0.2) is 55.5 Å². The van der Waals surface area contributed by atoms with E-state index in [1.165, 1.54) is 4.57 Å². The van der Waals surface area contributed by atoms with Gasteiger partial charge in [0.15, 0.2) is 5.58 Å². The lowest BCUT2D eigenvalue weighted by atomic mass is 10.0. The Balaban J connectivity index is 1.30. The third-order valence-corrected chi connectivity index (χ3v) is 7.50. The van der Waals surface area contributed by atoms with Crippen LogP contribution in [0.5, 0.6) is 0 Å². The molecule has 1 aliphatic heterocycles. The first-order chi connectivity index (χ1) is 17.4. The van der Waals surface area contributed by atoms with Crippen molar-refractivity contribution < 1.29 is 18.7 Å². The average molecular weight is 507 g/mol. The first kappa shape index (κ1) is 24.2. The Morgan fingerprint density at radius 2 is 2.08 bits per heavy atom. The van der Waals surface area contributed by atoms with E-state index in [4.69, 9.17) is 13.9 Å². The van der Waals surface area contributed by atoms with Gasteiger partial charge in [-0.1, -0.05) is 18.2 Å².